The summed E-state index contributed by atoms with van der Waals surface area (Å²) in [5, 5.41) is 14.6. The molecule has 116 valence electrons. The number of aryl methyl sites for hydroxylation is 1. The second-order valence-electron chi connectivity index (χ2n) is 5.03. The van der Waals surface area contributed by atoms with Gasteiger partial charge in [-0.05, 0) is 13.3 Å². The first-order chi connectivity index (χ1) is 10.1. The number of aromatic nitrogens is 1. The van der Waals surface area contributed by atoms with Crippen LogP contribution in [0.15, 0.2) is 10.5 Å². The fourth-order valence-electron chi connectivity index (χ4n) is 2.58. The maximum absolute atomic E-state index is 12.3. The minimum atomic E-state index is -0.0752. The van der Waals surface area contributed by atoms with E-state index < -0.39 is 0 Å². The number of hydrogen-bond donors (Lipinski definition) is 2. The number of thiazole rings is 1. The van der Waals surface area contributed by atoms with Crippen molar-refractivity contribution >= 4 is 23.1 Å². The van der Waals surface area contributed by atoms with Crippen LogP contribution < -0.4 is 5.73 Å². The lowest BCUT2D eigenvalue weighted by atomic mass is 10.1. The zero-order chi connectivity index (χ0) is 15.4. The molecule has 0 spiro atoms. The summed E-state index contributed by atoms with van der Waals surface area (Å²) < 4.78 is 0. The Kier molecular flexibility index (Phi) is 5.13. The van der Waals surface area contributed by atoms with Crippen LogP contribution in [-0.2, 0) is 0 Å². The van der Waals surface area contributed by atoms with E-state index in [1.807, 2.05) is 18.7 Å². The van der Waals surface area contributed by atoms with Crippen molar-refractivity contribution in [3.63, 3.8) is 0 Å². The molecule has 2 rings (SSSR count). The molecule has 21 heavy (non-hydrogen) atoms. The molecule has 1 aliphatic heterocycles. The third-order valence-corrected chi connectivity index (χ3v) is 4.50. The van der Waals surface area contributed by atoms with E-state index in [1.165, 1.54) is 11.3 Å². The number of oxime groups is 1. The third kappa shape index (κ3) is 3.51. The summed E-state index contributed by atoms with van der Waals surface area (Å²) >= 11 is 1.48. The minimum Gasteiger partial charge on any atom is -0.409 e. The van der Waals surface area contributed by atoms with E-state index in [4.69, 9.17) is 10.9 Å². The maximum Gasteiger partial charge on any atom is 0.273 e. The van der Waals surface area contributed by atoms with Crippen LogP contribution in [0, 0.1) is 6.92 Å². The minimum absolute atomic E-state index is 0.0177. The number of carbonyl (C=O) groups is 1. The zero-order valence-electron chi connectivity index (χ0n) is 12.3. The molecule has 1 unspecified atom stereocenters. The van der Waals surface area contributed by atoms with Crippen LogP contribution in [0.2, 0.25) is 0 Å². The highest BCUT2D eigenvalue weighted by Gasteiger charge is 2.28. The van der Waals surface area contributed by atoms with Crippen molar-refractivity contribution in [1.82, 2.24) is 14.8 Å². The second kappa shape index (κ2) is 6.86. The number of amides is 1. The molecule has 0 bridgehead atoms. The van der Waals surface area contributed by atoms with E-state index in [0.29, 0.717) is 31.9 Å². The van der Waals surface area contributed by atoms with Gasteiger partial charge in [-0.1, -0.05) is 12.1 Å². The molecule has 1 aromatic rings. The highest BCUT2D eigenvalue weighted by Crippen LogP contribution is 2.14. The van der Waals surface area contributed by atoms with Crippen molar-refractivity contribution in [2.75, 3.05) is 26.2 Å². The molecule has 0 aromatic carbocycles. The van der Waals surface area contributed by atoms with Gasteiger partial charge >= 0.3 is 0 Å². The van der Waals surface area contributed by atoms with Crippen LogP contribution >= 0.6 is 11.3 Å². The van der Waals surface area contributed by atoms with Crippen molar-refractivity contribution in [3.8, 4) is 0 Å². The van der Waals surface area contributed by atoms with Crippen molar-refractivity contribution in [2.45, 2.75) is 26.3 Å². The molecule has 7 nitrogen and oxygen atoms in total. The lowest BCUT2D eigenvalue weighted by Gasteiger charge is -2.38. The number of carbonyl (C=O) groups excluding carboxylic acids is 1. The molecule has 1 amide bonds. The summed E-state index contributed by atoms with van der Waals surface area (Å²) in [6.07, 6.45) is 0.773. The normalized spacial score (nSPS) is 18.8. The van der Waals surface area contributed by atoms with Gasteiger partial charge in [0.15, 0.2) is 5.84 Å². The summed E-state index contributed by atoms with van der Waals surface area (Å²) in [6.45, 7) is 6.57. The molecule has 1 fully saturated rings. The molecule has 1 saturated heterocycles. The number of hydrogen-bond acceptors (Lipinski definition) is 6. The number of amidine groups is 1. The SMILES string of the molecule is CCC(C(N)=NO)N1CCN(C(=O)c2csc(C)n2)CC1. The first-order valence-electron chi connectivity index (χ1n) is 6.99. The Morgan fingerprint density at radius 2 is 2.19 bits per heavy atom. The molecule has 8 heteroatoms. The summed E-state index contributed by atoms with van der Waals surface area (Å²) in [6, 6.07) is -0.0752. The Labute approximate surface area is 128 Å². The Hall–Kier alpha value is -1.67. The summed E-state index contributed by atoms with van der Waals surface area (Å²) in [5.41, 5.74) is 6.24. The van der Waals surface area contributed by atoms with E-state index in [0.717, 1.165) is 11.4 Å². The second-order valence-corrected chi connectivity index (χ2v) is 6.09. The predicted octanol–water partition coefficient (Wildman–Crippen LogP) is 0.734. The van der Waals surface area contributed by atoms with Gasteiger partial charge in [0, 0.05) is 31.6 Å². The topological polar surface area (TPSA) is 95.0 Å². The summed E-state index contributed by atoms with van der Waals surface area (Å²) in [5.74, 6) is 0.211. The van der Waals surface area contributed by atoms with Crippen LogP contribution in [0.3, 0.4) is 0 Å². The third-order valence-electron chi connectivity index (χ3n) is 3.72. The molecule has 3 N–H and O–H groups in total. The van der Waals surface area contributed by atoms with Gasteiger partial charge in [-0.3, -0.25) is 9.69 Å². The van der Waals surface area contributed by atoms with Crippen molar-refractivity contribution in [2.24, 2.45) is 10.9 Å². The van der Waals surface area contributed by atoms with E-state index in [-0.39, 0.29) is 17.8 Å². The lowest BCUT2D eigenvalue weighted by Crippen LogP contribution is -2.55. The van der Waals surface area contributed by atoms with Crippen LogP contribution in [0.5, 0.6) is 0 Å². The van der Waals surface area contributed by atoms with E-state index in [2.05, 4.69) is 15.0 Å². The quantitative estimate of drug-likeness (QED) is 0.370. The summed E-state index contributed by atoms with van der Waals surface area (Å²) in [4.78, 5) is 20.5. The van der Waals surface area contributed by atoms with Gasteiger partial charge in [-0.15, -0.1) is 11.3 Å². The van der Waals surface area contributed by atoms with E-state index in [9.17, 15) is 4.79 Å². The van der Waals surface area contributed by atoms with Crippen molar-refractivity contribution in [1.29, 1.82) is 0 Å². The highest BCUT2D eigenvalue weighted by atomic mass is 32.1. The predicted molar refractivity (Wildman–Crippen MR) is 81.8 cm³/mol. The smallest absolute Gasteiger partial charge is 0.273 e. The zero-order valence-corrected chi connectivity index (χ0v) is 13.1. The number of piperazine rings is 1. The molecule has 2 heterocycles. The Balaban J connectivity index is 1.95. The van der Waals surface area contributed by atoms with Crippen LogP contribution in [0.1, 0.15) is 28.8 Å². The first kappa shape index (κ1) is 15.7. The number of rotatable bonds is 4. The Bertz CT molecular complexity index is 522. The number of nitrogens with zero attached hydrogens (tertiary/aromatic N) is 4. The Morgan fingerprint density at radius 3 is 2.67 bits per heavy atom. The van der Waals surface area contributed by atoms with Crippen molar-refractivity contribution in [3.05, 3.63) is 16.1 Å². The fraction of sp³-hybridized carbons (Fsp3) is 0.615. The average Bonchev–Trinajstić information content (AvgIpc) is 2.94. The molecule has 1 aromatic heterocycles. The highest BCUT2D eigenvalue weighted by molar-refractivity contribution is 7.09. The standard InChI is InChI=1S/C13H21N5O2S/c1-3-11(12(14)16-20)17-4-6-18(7-5-17)13(19)10-8-21-9(2)15-10/h8,11,20H,3-7H2,1-2H3,(H2,14,16). The van der Waals surface area contributed by atoms with Crippen LogP contribution in [0.4, 0.5) is 0 Å². The van der Waals surface area contributed by atoms with Crippen LogP contribution in [-0.4, -0.2) is 64.0 Å². The van der Waals surface area contributed by atoms with Gasteiger partial charge in [0.1, 0.15) is 5.69 Å². The van der Waals surface area contributed by atoms with E-state index in [1.54, 1.807) is 5.38 Å². The molecular formula is C13H21N5O2S. The average molecular weight is 311 g/mol. The Morgan fingerprint density at radius 1 is 1.52 bits per heavy atom. The van der Waals surface area contributed by atoms with Gasteiger partial charge in [0.05, 0.1) is 11.0 Å². The molecule has 1 atom stereocenters. The monoisotopic (exact) mass is 311 g/mol. The van der Waals surface area contributed by atoms with Gasteiger partial charge in [0.25, 0.3) is 5.91 Å². The molecule has 0 radical (unpaired) electrons. The van der Waals surface area contributed by atoms with E-state index >= 15 is 0 Å². The molecule has 1 aliphatic rings. The maximum atomic E-state index is 12.3. The van der Waals surface area contributed by atoms with Gasteiger partial charge in [-0.2, -0.15) is 0 Å². The van der Waals surface area contributed by atoms with Crippen molar-refractivity contribution < 1.29 is 10.0 Å². The fourth-order valence-corrected chi connectivity index (χ4v) is 3.17. The largest absolute Gasteiger partial charge is 0.409 e. The lowest BCUT2D eigenvalue weighted by molar-refractivity contribution is 0.0603. The first-order valence-corrected chi connectivity index (χ1v) is 7.87. The molecular weight excluding hydrogens is 290 g/mol. The number of nitrogens with two attached hydrogens (primary N) is 1. The molecule has 0 aliphatic carbocycles. The molecule has 0 saturated carbocycles. The van der Waals surface area contributed by atoms with Gasteiger partial charge in [-0.25, -0.2) is 4.98 Å². The summed E-state index contributed by atoms with van der Waals surface area (Å²) in [7, 11) is 0. The van der Waals surface area contributed by atoms with Gasteiger partial charge < -0.3 is 15.8 Å². The van der Waals surface area contributed by atoms with Crippen LogP contribution in [0.25, 0.3) is 0 Å². The van der Waals surface area contributed by atoms with Gasteiger partial charge in [0.2, 0.25) is 0 Å².